The first-order valence-electron chi connectivity index (χ1n) is 8.72. The number of nitrogens with zero attached hydrogens (tertiary/aromatic N) is 5. The molecule has 0 bridgehead atoms. The number of alkyl halides is 3. The Labute approximate surface area is 174 Å². The summed E-state index contributed by atoms with van der Waals surface area (Å²) in [7, 11) is 5.02. The molecule has 3 aromatic heterocycles. The van der Waals surface area contributed by atoms with Crippen molar-refractivity contribution < 1.29 is 22.7 Å². The molecule has 1 amide bonds. The number of hydrogen-bond donors (Lipinski definition) is 1. The second-order valence-electron chi connectivity index (χ2n) is 6.50. The molecule has 0 aliphatic carbocycles. The molecule has 8 nitrogen and oxygen atoms in total. The molecular weight excluding hydrogens is 421 g/mol. The van der Waals surface area contributed by atoms with Gasteiger partial charge in [0.25, 0.3) is 5.91 Å². The molecule has 160 valence electrons. The molecule has 0 saturated heterocycles. The van der Waals surface area contributed by atoms with Crippen LogP contribution in [0.2, 0.25) is 0 Å². The van der Waals surface area contributed by atoms with E-state index in [0.29, 0.717) is 4.68 Å². The number of hydrogen-bond acceptors (Lipinski definition) is 7. The summed E-state index contributed by atoms with van der Waals surface area (Å²) in [5.74, 6) is -0.927. The summed E-state index contributed by atoms with van der Waals surface area (Å²) in [6.45, 7) is 0.132. The highest BCUT2D eigenvalue weighted by atomic mass is 32.1. The van der Waals surface area contributed by atoms with Gasteiger partial charge in [-0.1, -0.05) is 0 Å². The van der Waals surface area contributed by atoms with Crippen LogP contribution in [0.25, 0.3) is 5.82 Å². The standard InChI is InChI=1S/C18H19F3N6O2S/c1-26(2)13(11-6-7-30-10-11)9-22-17(28)12-8-23-27(16(12)18(19,20)21)14-4-5-15(29-3)25-24-14/h4-8,10,13H,9H2,1-3H3,(H,22,28)/t13-/m0/s1. The Hall–Kier alpha value is -2.99. The van der Waals surface area contributed by atoms with Gasteiger partial charge >= 0.3 is 6.18 Å². The van der Waals surface area contributed by atoms with Gasteiger partial charge in [-0.05, 0) is 42.6 Å². The summed E-state index contributed by atoms with van der Waals surface area (Å²) in [6, 6.07) is 4.35. The van der Waals surface area contributed by atoms with Crippen molar-refractivity contribution in [3.63, 3.8) is 0 Å². The highest BCUT2D eigenvalue weighted by molar-refractivity contribution is 7.07. The number of carbonyl (C=O) groups excluding carboxylic acids is 1. The van der Waals surface area contributed by atoms with Crippen LogP contribution in [0.1, 0.15) is 27.7 Å². The average molecular weight is 440 g/mol. The van der Waals surface area contributed by atoms with E-state index in [2.05, 4.69) is 20.6 Å². The van der Waals surface area contributed by atoms with Gasteiger partial charge in [0.15, 0.2) is 11.5 Å². The minimum absolute atomic E-state index is 0.132. The van der Waals surface area contributed by atoms with E-state index in [9.17, 15) is 18.0 Å². The summed E-state index contributed by atoms with van der Waals surface area (Å²) in [5, 5.41) is 17.5. The molecule has 3 heterocycles. The van der Waals surface area contributed by atoms with E-state index in [-0.39, 0.29) is 24.3 Å². The average Bonchev–Trinajstić information content (AvgIpc) is 3.37. The van der Waals surface area contributed by atoms with Crippen LogP contribution in [0.5, 0.6) is 5.88 Å². The smallest absolute Gasteiger partial charge is 0.434 e. The van der Waals surface area contributed by atoms with E-state index in [1.165, 1.54) is 30.6 Å². The molecule has 0 fully saturated rings. The number of carbonyl (C=O) groups is 1. The van der Waals surface area contributed by atoms with Crippen molar-refractivity contribution in [2.24, 2.45) is 0 Å². The Morgan fingerprint density at radius 3 is 2.60 bits per heavy atom. The van der Waals surface area contributed by atoms with Crippen LogP contribution in [-0.4, -0.2) is 58.5 Å². The number of likely N-dealkylation sites (N-methyl/N-ethyl adjacent to an activating group) is 1. The fourth-order valence-corrected chi connectivity index (χ4v) is 3.55. The second kappa shape index (κ2) is 8.79. The number of aromatic nitrogens is 4. The summed E-state index contributed by atoms with van der Waals surface area (Å²) >= 11 is 1.50. The van der Waals surface area contributed by atoms with E-state index in [0.717, 1.165) is 11.8 Å². The maximum absolute atomic E-state index is 13.8. The van der Waals surface area contributed by atoms with E-state index >= 15 is 0 Å². The van der Waals surface area contributed by atoms with Crippen molar-refractivity contribution in [2.45, 2.75) is 12.2 Å². The van der Waals surface area contributed by atoms with Gasteiger partial charge < -0.3 is 15.0 Å². The third kappa shape index (κ3) is 4.60. The predicted octanol–water partition coefficient (Wildman–Crippen LogP) is 2.78. The van der Waals surface area contributed by atoms with E-state index < -0.39 is 23.3 Å². The maximum Gasteiger partial charge on any atom is 0.434 e. The van der Waals surface area contributed by atoms with Gasteiger partial charge in [-0.25, -0.2) is 4.68 Å². The van der Waals surface area contributed by atoms with Gasteiger partial charge in [-0.15, -0.1) is 10.2 Å². The number of halogens is 3. The molecule has 0 spiro atoms. The SMILES string of the molecule is COc1ccc(-n2ncc(C(=O)NC[C@@H](c3ccsc3)N(C)C)c2C(F)(F)F)nn1. The molecular formula is C18H19F3N6O2S. The molecule has 1 N–H and O–H groups in total. The number of thiophene rings is 1. The lowest BCUT2D eigenvalue weighted by atomic mass is 10.1. The summed E-state index contributed by atoms with van der Waals surface area (Å²) < 4.78 is 46.7. The zero-order valence-corrected chi connectivity index (χ0v) is 17.2. The van der Waals surface area contributed by atoms with E-state index in [1.807, 2.05) is 35.8 Å². The number of nitrogens with one attached hydrogen (secondary N) is 1. The first kappa shape index (κ1) is 21.7. The zero-order valence-electron chi connectivity index (χ0n) is 16.3. The van der Waals surface area contributed by atoms with E-state index in [1.54, 1.807) is 0 Å². The second-order valence-corrected chi connectivity index (χ2v) is 7.28. The van der Waals surface area contributed by atoms with Gasteiger partial charge in [0.05, 0.1) is 24.9 Å². The van der Waals surface area contributed by atoms with Crippen molar-refractivity contribution in [2.75, 3.05) is 27.7 Å². The van der Waals surface area contributed by atoms with Crippen LogP contribution >= 0.6 is 11.3 Å². The van der Waals surface area contributed by atoms with Gasteiger partial charge in [0, 0.05) is 12.6 Å². The van der Waals surface area contributed by atoms with Gasteiger partial charge in [-0.3, -0.25) is 4.79 Å². The summed E-state index contributed by atoms with van der Waals surface area (Å²) in [4.78, 5) is 14.5. The van der Waals surface area contributed by atoms with Gasteiger partial charge in [-0.2, -0.15) is 29.6 Å². The van der Waals surface area contributed by atoms with Crippen LogP contribution in [-0.2, 0) is 6.18 Å². The number of rotatable bonds is 7. The largest absolute Gasteiger partial charge is 0.480 e. The van der Waals surface area contributed by atoms with Crippen LogP contribution in [0.15, 0.2) is 35.2 Å². The monoisotopic (exact) mass is 440 g/mol. The van der Waals surface area contributed by atoms with Crippen molar-refractivity contribution >= 4 is 17.2 Å². The molecule has 0 radical (unpaired) electrons. The van der Waals surface area contributed by atoms with Crippen molar-refractivity contribution in [3.05, 3.63) is 52.0 Å². The van der Waals surface area contributed by atoms with Crippen molar-refractivity contribution in [3.8, 4) is 11.7 Å². The molecule has 0 aliphatic heterocycles. The zero-order chi connectivity index (χ0) is 21.9. The Balaban J connectivity index is 1.87. The van der Waals surface area contributed by atoms with E-state index in [4.69, 9.17) is 4.74 Å². The lowest BCUT2D eigenvalue weighted by Gasteiger charge is -2.24. The lowest BCUT2D eigenvalue weighted by Crippen LogP contribution is -2.35. The van der Waals surface area contributed by atoms with Crippen LogP contribution < -0.4 is 10.1 Å². The van der Waals surface area contributed by atoms with Crippen LogP contribution in [0, 0.1) is 0 Å². The van der Waals surface area contributed by atoms with Crippen molar-refractivity contribution in [1.82, 2.24) is 30.2 Å². The minimum atomic E-state index is -4.83. The Kier molecular flexibility index (Phi) is 6.37. The summed E-state index contributed by atoms with van der Waals surface area (Å²) in [6.07, 6.45) is -3.96. The Morgan fingerprint density at radius 2 is 2.07 bits per heavy atom. The normalized spacial score (nSPS) is 12.8. The quantitative estimate of drug-likeness (QED) is 0.608. The first-order valence-corrected chi connectivity index (χ1v) is 9.66. The molecule has 0 aromatic carbocycles. The molecule has 3 aromatic rings. The third-order valence-electron chi connectivity index (χ3n) is 4.34. The number of amides is 1. The molecule has 12 heteroatoms. The lowest BCUT2D eigenvalue weighted by molar-refractivity contribution is -0.143. The van der Waals surface area contributed by atoms with Gasteiger partial charge in [0.2, 0.25) is 5.88 Å². The molecule has 1 atom stereocenters. The number of methoxy groups -OCH3 is 1. The first-order chi connectivity index (χ1) is 14.2. The fourth-order valence-electron chi connectivity index (χ4n) is 2.84. The highest BCUT2D eigenvalue weighted by Crippen LogP contribution is 2.33. The number of ether oxygens (including phenoxy) is 1. The highest BCUT2D eigenvalue weighted by Gasteiger charge is 2.41. The van der Waals surface area contributed by atoms with Crippen LogP contribution in [0.4, 0.5) is 13.2 Å². The Bertz CT molecular complexity index is 987. The molecule has 0 saturated carbocycles. The summed E-state index contributed by atoms with van der Waals surface area (Å²) in [5.41, 5.74) is -0.857. The molecule has 30 heavy (non-hydrogen) atoms. The minimum Gasteiger partial charge on any atom is -0.480 e. The van der Waals surface area contributed by atoms with Gasteiger partial charge in [0.1, 0.15) is 0 Å². The molecule has 3 rings (SSSR count). The predicted molar refractivity (Wildman–Crippen MR) is 104 cm³/mol. The third-order valence-corrected chi connectivity index (χ3v) is 5.04. The maximum atomic E-state index is 13.8. The molecule has 0 unspecified atom stereocenters. The van der Waals surface area contributed by atoms with Crippen LogP contribution in [0.3, 0.4) is 0 Å². The topological polar surface area (TPSA) is 85.2 Å². The van der Waals surface area contributed by atoms with Crippen molar-refractivity contribution in [1.29, 1.82) is 0 Å². The Morgan fingerprint density at radius 1 is 1.30 bits per heavy atom. The molecule has 0 aliphatic rings. The fraction of sp³-hybridized carbons (Fsp3) is 0.333.